The van der Waals surface area contributed by atoms with Gasteiger partial charge >= 0.3 is 0 Å². The highest BCUT2D eigenvalue weighted by Crippen LogP contribution is 2.61. The Labute approximate surface area is 379 Å². The molecule has 0 N–H and O–H groups in total. The summed E-state index contributed by atoms with van der Waals surface area (Å²) in [5.74, 6) is 0. The number of anilines is 8. The first-order valence-electron chi connectivity index (χ1n) is 23.6. The summed E-state index contributed by atoms with van der Waals surface area (Å²) < 4.78 is 6.84. The van der Waals surface area contributed by atoms with E-state index in [9.17, 15) is 0 Å². The van der Waals surface area contributed by atoms with Gasteiger partial charge in [0.05, 0.1) is 11.2 Å². The fraction of sp³-hybridized carbons (Fsp3) is 0.288. The zero-order valence-electron chi connectivity index (χ0n) is 38.9. The van der Waals surface area contributed by atoms with E-state index in [0.29, 0.717) is 0 Å². The van der Waals surface area contributed by atoms with Crippen molar-refractivity contribution in [3.63, 3.8) is 0 Å². The van der Waals surface area contributed by atoms with E-state index < -0.39 is 0 Å². The van der Waals surface area contributed by atoms with Gasteiger partial charge < -0.3 is 19.1 Å². The molecule has 8 aromatic rings. The highest BCUT2D eigenvalue weighted by Gasteiger charge is 2.58. The van der Waals surface area contributed by atoms with Crippen molar-refractivity contribution in [2.24, 2.45) is 0 Å². The Kier molecular flexibility index (Phi) is 8.26. The SMILES string of the molecule is Cc1cc2c3c(c1)N(c1cccc4c1oc1ccccc14)c1ccc(C(C)(C)C)cc1B3c1ccc(N3c4ccccc4C4(C)CCCCC34C)cc1N2c1ccc(C(C)(C)C)cc1. The van der Waals surface area contributed by atoms with Crippen LogP contribution < -0.4 is 31.1 Å². The number of nitrogens with zero attached hydrogens (tertiary/aromatic N) is 3. The van der Waals surface area contributed by atoms with Gasteiger partial charge in [0.25, 0.3) is 6.71 Å². The van der Waals surface area contributed by atoms with Gasteiger partial charge in [0.1, 0.15) is 5.58 Å². The first-order chi connectivity index (χ1) is 30.7. The Balaban J connectivity index is 1.15. The summed E-state index contributed by atoms with van der Waals surface area (Å²) in [5, 5.41) is 2.27. The maximum atomic E-state index is 6.84. The summed E-state index contributed by atoms with van der Waals surface area (Å²) in [7, 11) is 0. The zero-order valence-corrected chi connectivity index (χ0v) is 38.9. The van der Waals surface area contributed by atoms with Crippen LogP contribution in [-0.2, 0) is 16.2 Å². The lowest BCUT2D eigenvalue weighted by Gasteiger charge is -2.50. The van der Waals surface area contributed by atoms with Gasteiger partial charge in [-0.15, -0.1) is 0 Å². The van der Waals surface area contributed by atoms with E-state index in [4.69, 9.17) is 4.42 Å². The lowest BCUT2D eigenvalue weighted by molar-refractivity contribution is 0.195. The highest BCUT2D eigenvalue weighted by molar-refractivity contribution is 7.00. The van der Waals surface area contributed by atoms with E-state index in [1.54, 1.807) is 0 Å². The molecule has 1 aromatic heterocycles. The molecule has 64 heavy (non-hydrogen) atoms. The van der Waals surface area contributed by atoms with Crippen LogP contribution in [0.5, 0.6) is 0 Å². The van der Waals surface area contributed by atoms with Crippen molar-refractivity contribution < 1.29 is 4.42 Å². The standard InChI is InChI=1S/C59H58BN3O/c1-37-33-51-54-52(34-37)62(49-21-16-18-43-42-17-10-13-22-53(42)64-55(43)49)48-30-25-39(57(5,6)7)35-46(48)60(54)45-29-28-41(36-50(45)61(51)40-26-23-38(24-27-40)56(2,3)4)63-47-20-12-11-19-44(47)58(8)31-14-15-32-59(58,63)9/h10-13,16-30,33-36H,14-15,31-32H2,1-9H3. The molecule has 0 saturated heterocycles. The van der Waals surface area contributed by atoms with Crippen LogP contribution in [0.4, 0.5) is 45.5 Å². The lowest BCUT2D eigenvalue weighted by Crippen LogP contribution is -2.61. The minimum atomic E-state index is -0.0457. The number of aryl methyl sites for hydroxylation is 1. The third-order valence-corrected chi connectivity index (χ3v) is 15.9. The number of rotatable bonds is 3. The fourth-order valence-corrected chi connectivity index (χ4v) is 12.4. The minimum absolute atomic E-state index is 0.00423. The molecule has 1 fully saturated rings. The average Bonchev–Trinajstić information content (AvgIpc) is 3.75. The number of fused-ring (bicyclic) bond motifs is 10. The Morgan fingerprint density at radius 2 is 1.19 bits per heavy atom. The van der Waals surface area contributed by atoms with E-state index in [1.807, 2.05) is 0 Å². The quantitative estimate of drug-likeness (QED) is 0.165. The van der Waals surface area contributed by atoms with Gasteiger partial charge in [0.15, 0.2) is 5.58 Å². The molecule has 12 rings (SSSR count). The second-order valence-corrected chi connectivity index (χ2v) is 21.8. The van der Waals surface area contributed by atoms with Crippen LogP contribution in [-0.4, -0.2) is 12.3 Å². The predicted octanol–water partition coefficient (Wildman–Crippen LogP) is 14.3. The summed E-state index contributed by atoms with van der Waals surface area (Å²) in [6.07, 6.45) is 4.89. The first-order valence-corrected chi connectivity index (χ1v) is 23.6. The van der Waals surface area contributed by atoms with Crippen molar-refractivity contribution in [3.8, 4) is 0 Å². The van der Waals surface area contributed by atoms with Crippen LogP contribution in [0.25, 0.3) is 21.9 Å². The number of hydrogen-bond acceptors (Lipinski definition) is 4. The van der Waals surface area contributed by atoms with Gasteiger partial charge in [0.2, 0.25) is 0 Å². The molecular weight excluding hydrogens is 777 g/mol. The fourth-order valence-electron chi connectivity index (χ4n) is 12.4. The number of benzene rings is 7. The van der Waals surface area contributed by atoms with E-state index >= 15 is 0 Å². The number of hydrogen-bond donors (Lipinski definition) is 0. The molecule has 7 aromatic carbocycles. The summed E-state index contributed by atoms with van der Waals surface area (Å²) in [5.41, 5.74) is 21.0. The molecule has 0 amide bonds. The third kappa shape index (κ3) is 5.42. The zero-order chi connectivity index (χ0) is 44.1. The van der Waals surface area contributed by atoms with Crippen LogP contribution in [0, 0.1) is 6.92 Å². The average molecular weight is 836 g/mol. The number of furan rings is 1. The van der Waals surface area contributed by atoms with Gasteiger partial charge in [-0.1, -0.05) is 140 Å². The molecule has 1 saturated carbocycles. The van der Waals surface area contributed by atoms with Gasteiger partial charge in [0, 0.05) is 56.0 Å². The summed E-state index contributed by atoms with van der Waals surface area (Å²) in [6, 6.07) is 53.4. The minimum Gasteiger partial charge on any atom is -0.454 e. The molecular formula is C59H58BN3O. The molecule has 4 heterocycles. The Bertz CT molecular complexity index is 3220. The summed E-state index contributed by atoms with van der Waals surface area (Å²) >= 11 is 0. The van der Waals surface area contributed by atoms with Gasteiger partial charge in [-0.3, -0.25) is 0 Å². The molecule has 1 aliphatic carbocycles. The van der Waals surface area contributed by atoms with Crippen LogP contribution in [0.3, 0.4) is 0 Å². The van der Waals surface area contributed by atoms with E-state index in [-0.39, 0.29) is 28.5 Å². The van der Waals surface area contributed by atoms with E-state index in [1.165, 1.54) is 97.7 Å². The van der Waals surface area contributed by atoms with Gasteiger partial charge in [-0.2, -0.15) is 0 Å². The summed E-state index contributed by atoms with van der Waals surface area (Å²) in [4.78, 5) is 7.85. The topological polar surface area (TPSA) is 22.9 Å². The van der Waals surface area contributed by atoms with Crippen molar-refractivity contribution >= 4 is 90.5 Å². The van der Waals surface area contributed by atoms with E-state index in [2.05, 4.69) is 217 Å². The van der Waals surface area contributed by atoms with Crippen molar-refractivity contribution in [1.29, 1.82) is 0 Å². The second-order valence-electron chi connectivity index (χ2n) is 21.8. The largest absolute Gasteiger partial charge is 0.454 e. The highest BCUT2D eigenvalue weighted by atomic mass is 16.3. The molecule has 318 valence electrons. The van der Waals surface area contributed by atoms with Crippen molar-refractivity contribution in [1.82, 2.24) is 0 Å². The molecule has 0 bridgehead atoms. The smallest absolute Gasteiger partial charge is 0.252 e. The normalized spacial score (nSPS) is 20.0. The maximum Gasteiger partial charge on any atom is 0.252 e. The number of para-hydroxylation sites is 3. The van der Waals surface area contributed by atoms with Crippen molar-refractivity contribution in [2.45, 2.75) is 110 Å². The van der Waals surface area contributed by atoms with Gasteiger partial charge in [-0.05, 0) is 137 Å². The summed E-state index contributed by atoms with van der Waals surface area (Å²) in [6.45, 7) is 21.3. The first kappa shape index (κ1) is 39.4. The molecule has 5 heteroatoms. The molecule has 3 aliphatic heterocycles. The maximum absolute atomic E-state index is 6.84. The predicted molar refractivity (Wildman–Crippen MR) is 273 cm³/mol. The van der Waals surface area contributed by atoms with E-state index in [0.717, 1.165) is 34.0 Å². The molecule has 4 aliphatic rings. The Hall–Kier alpha value is -6.20. The molecule has 4 nitrogen and oxygen atoms in total. The van der Waals surface area contributed by atoms with Crippen LogP contribution in [0.2, 0.25) is 0 Å². The Morgan fingerprint density at radius 1 is 0.531 bits per heavy atom. The third-order valence-electron chi connectivity index (χ3n) is 15.9. The lowest BCUT2D eigenvalue weighted by atomic mass is 9.33. The monoisotopic (exact) mass is 835 g/mol. The Morgan fingerprint density at radius 3 is 1.97 bits per heavy atom. The molecule has 0 spiro atoms. The van der Waals surface area contributed by atoms with Crippen LogP contribution >= 0.6 is 0 Å². The van der Waals surface area contributed by atoms with Crippen LogP contribution in [0.15, 0.2) is 144 Å². The molecule has 2 atom stereocenters. The second kappa shape index (κ2) is 13.4. The molecule has 2 unspecified atom stereocenters. The van der Waals surface area contributed by atoms with Crippen molar-refractivity contribution in [3.05, 3.63) is 162 Å². The molecule has 0 radical (unpaired) electrons. The van der Waals surface area contributed by atoms with Crippen molar-refractivity contribution in [2.75, 3.05) is 14.7 Å². The van der Waals surface area contributed by atoms with Crippen LogP contribution in [0.1, 0.15) is 103 Å². The van der Waals surface area contributed by atoms with Gasteiger partial charge in [-0.25, -0.2) is 0 Å².